The molecule has 2 atom stereocenters. The Morgan fingerprint density at radius 2 is 0.920 bits per heavy atom. The molecule has 50 heavy (non-hydrogen) atoms. The Hall–Kier alpha value is -6.38. The molecule has 2 nitrogen and oxygen atoms in total. The van der Waals surface area contributed by atoms with Crippen molar-refractivity contribution in [3.8, 4) is 39.1 Å². The summed E-state index contributed by atoms with van der Waals surface area (Å²) < 4.78 is 2.40. The van der Waals surface area contributed by atoms with E-state index in [1.807, 2.05) is 0 Å². The minimum atomic E-state index is 0.251. The second-order valence-corrected chi connectivity index (χ2v) is 13.3. The molecule has 0 fully saturated rings. The number of rotatable bonds is 5. The van der Waals surface area contributed by atoms with Gasteiger partial charge in [0, 0.05) is 33.8 Å². The van der Waals surface area contributed by atoms with Crippen LogP contribution in [0.5, 0.6) is 0 Å². The van der Waals surface area contributed by atoms with Gasteiger partial charge in [0.2, 0.25) is 0 Å². The maximum Gasteiger partial charge on any atom is 0.0629 e. The van der Waals surface area contributed by atoms with Gasteiger partial charge in [-0.15, -0.1) is 0 Å². The van der Waals surface area contributed by atoms with Crippen LogP contribution in [-0.4, -0.2) is 10.6 Å². The Kier molecular flexibility index (Phi) is 6.67. The zero-order valence-electron chi connectivity index (χ0n) is 27.5. The van der Waals surface area contributed by atoms with Crippen LogP contribution in [-0.2, 0) is 0 Å². The molecular weight excluding hydrogens is 605 g/mol. The Labute approximate surface area is 292 Å². The number of fused-ring (bicyclic) bond motifs is 6. The van der Waals surface area contributed by atoms with E-state index in [0.717, 1.165) is 0 Å². The van der Waals surface area contributed by atoms with Crippen LogP contribution in [0.25, 0.3) is 60.9 Å². The first-order chi connectivity index (χ1) is 24.8. The molecule has 0 N–H and O–H groups in total. The number of anilines is 2. The largest absolute Gasteiger partial charge is 0.333 e. The van der Waals surface area contributed by atoms with Gasteiger partial charge >= 0.3 is 0 Å². The molecule has 1 aliphatic heterocycles. The number of benzene rings is 7. The van der Waals surface area contributed by atoms with Crippen molar-refractivity contribution >= 4 is 33.2 Å². The molecule has 2 heterocycles. The van der Waals surface area contributed by atoms with Gasteiger partial charge in [0.1, 0.15) is 0 Å². The number of allylic oxidation sites excluding steroid dienone is 2. The first kappa shape index (κ1) is 28.6. The van der Waals surface area contributed by atoms with Crippen LogP contribution in [0.1, 0.15) is 11.5 Å². The van der Waals surface area contributed by atoms with Crippen LogP contribution in [0, 0.1) is 0 Å². The number of nitrogens with zero attached hydrogens (tertiary/aromatic N) is 2. The lowest BCUT2D eigenvalue weighted by molar-refractivity contribution is 0.745. The van der Waals surface area contributed by atoms with Gasteiger partial charge in [0.25, 0.3) is 0 Å². The van der Waals surface area contributed by atoms with Gasteiger partial charge in [0.15, 0.2) is 0 Å². The molecule has 0 bridgehead atoms. The van der Waals surface area contributed by atoms with Crippen molar-refractivity contribution in [1.29, 1.82) is 0 Å². The van der Waals surface area contributed by atoms with Crippen molar-refractivity contribution in [2.45, 2.75) is 12.0 Å². The molecule has 0 spiro atoms. The molecule has 1 aliphatic carbocycles. The molecule has 10 rings (SSSR count). The SMILES string of the molecule is C1=CC2c3cc(-c4ccc5c(c4)c4ccccc4n5-c4ccc(-c5ccccc5)cc4)ccc3N(c3ccc(-c4ccccc4)cc3)C2C=C1. The van der Waals surface area contributed by atoms with Gasteiger partial charge in [-0.25, -0.2) is 0 Å². The smallest absolute Gasteiger partial charge is 0.0629 e. The third-order valence-electron chi connectivity index (χ3n) is 10.5. The van der Waals surface area contributed by atoms with Crippen LogP contribution in [0.15, 0.2) is 194 Å². The van der Waals surface area contributed by atoms with Crippen molar-refractivity contribution < 1.29 is 0 Å². The Morgan fingerprint density at radius 3 is 1.64 bits per heavy atom. The van der Waals surface area contributed by atoms with Crippen molar-refractivity contribution in [2.24, 2.45) is 0 Å². The highest BCUT2D eigenvalue weighted by molar-refractivity contribution is 6.10. The first-order valence-electron chi connectivity index (χ1n) is 17.4. The number of hydrogen-bond donors (Lipinski definition) is 0. The fraction of sp³-hybridized carbons (Fsp3) is 0.0417. The summed E-state index contributed by atoms with van der Waals surface area (Å²) in [7, 11) is 0. The minimum Gasteiger partial charge on any atom is -0.333 e. The highest BCUT2D eigenvalue weighted by Gasteiger charge is 2.37. The van der Waals surface area contributed by atoms with Crippen molar-refractivity contribution in [3.63, 3.8) is 0 Å². The van der Waals surface area contributed by atoms with E-state index in [2.05, 4.69) is 204 Å². The van der Waals surface area contributed by atoms with E-state index < -0.39 is 0 Å². The molecular formula is C48H34N2. The lowest BCUT2D eigenvalue weighted by atomic mass is 9.89. The van der Waals surface area contributed by atoms with Gasteiger partial charge in [0.05, 0.1) is 17.1 Å². The summed E-state index contributed by atoms with van der Waals surface area (Å²) >= 11 is 0. The van der Waals surface area contributed by atoms with Crippen LogP contribution < -0.4 is 4.90 Å². The number of para-hydroxylation sites is 1. The molecule has 8 aromatic rings. The second kappa shape index (κ2) is 11.6. The fourth-order valence-electron chi connectivity index (χ4n) is 8.13. The Balaban J connectivity index is 1.04. The Morgan fingerprint density at radius 1 is 0.380 bits per heavy atom. The summed E-state index contributed by atoms with van der Waals surface area (Å²) in [5.74, 6) is 0.299. The topological polar surface area (TPSA) is 8.17 Å². The van der Waals surface area contributed by atoms with Gasteiger partial charge in [-0.3, -0.25) is 0 Å². The van der Waals surface area contributed by atoms with Gasteiger partial charge < -0.3 is 9.47 Å². The normalized spacial score (nSPS) is 16.2. The lowest BCUT2D eigenvalue weighted by Crippen LogP contribution is -2.28. The summed E-state index contributed by atoms with van der Waals surface area (Å²) in [6.45, 7) is 0. The number of hydrogen-bond acceptors (Lipinski definition) is 1. The zero-order valence-corrected chi connectivity index (χ0v) is 27.5. The molecule has 0 saturated heterocycles. The molecule has 2 aliphatic rings. The van der Waals surface area contributed by atoms with Gasteiger partial charge in [-0.2, -0.15) is 0 Å². The molecule has 0 radical (unpaired) electrons. The molecule has 0 amide bonds. The predicted octanol–water partition coefficient (Wildman–Crippen LogP) is 12.5. The maximum absolute atomic E-state index is 2.51. The third kappa shape index (κ3) is 4.64. The van der Waals surface area contributed by atoms with E-state index in [1.54, 1.807) is 0 Å². The second-order valence-electron chi connectivity index (χ2n) is 13.3. The van der Waals surface area contributed by atoms with E-state index in [4.69, 9.17) is 0 Å². The zero-order chi connectivity index (χ0) is 33.0. The highest BCUT2D eigenvalue weighted by Crippen LogP contribution is 2.49. The first-order valence-corrected chi connectivity index (χ1v) is 17.4. The number of aromatic nitrogens is 1. The van der Waals surface area contributed by atoms with Crippen molar-refractivity contribution in [2.75, 3.05) is 4.90 Å². The monoisotopic (exact) mass is 638 g/mol. The summed E-state index contributed by atoms with van der Waals surface area (Å²) in [6.07, 6.45) is 9.11. The Bertz CT molecular complexity index is 2570. The summed E-state index contributed by atoms with van der Waals surface area (Å²) in [4.78, 5) is 2.51. The van der Waals surface area contributed by atoms with E-state index in [1.165, 1.54) is 77.8 Å². The van der Waals surface area contributed by atoms with E-state index in [9.17, 15) is 0 Å². The highest BCUT2D eigenvalue weighted by atomic mass is 15.2. The van der Waals surface area contributed by atoms with E-state index >= 15 is 0 Å². The molecule has 2 unspecified atom stereocenters. The summed E-state index contributed by atoms with van der Waals surface area (Å²) in [5.41, 5.74) is 14.9. The van der Waals surface area contributed by atoms with Crippen LogP contribution in [0.3, 0.4) is 0 Å². The molecule has 1 aromatic heterocycles. The molecule has 0 saturated carbocycles. The summed E-state index contributed by atoms with van der Waals surface area (Å²) in [5, 5.41) is 2.53. The lowest BCUT2D eigenvalue weighted by Gasteiger charge is -2.28. The maximum atomic E-state index is 2.51. The van der Waals surface area contributed by atoms with Crippen molar-refractivity contribution in [1.82, 2.24) is 4.57 Å². The quantitative estimate of drug-likeness (QED) is 0.182. The standard InChI is InChI=1S/C48H34N2/c1-3-11-33(12-4-1)35-19-25-39(26-20-35)49-45-17-9-7-15-41(45)43-31-37(23-29-47(43)49)38-24-30-48-44(32-38)42-16-8-10-18-46(42)50(48)40-27-21-36(22-28-40)34-13-5-2-6-14-34/h1-32,41,45H. The molecule has 7 aromatic carbocycles. The minimum absolute atomic E-state index is 0.251. The van der Waals surface area contributed by atoms with Crippen molar-refractivity contribution in [3.05, 3.63) is 200 Å². The predicted molar refractivity (Wildman–Crippen MR) is 210 cm³/mol. The average Bonchev–Trinajstić information content (AvgIpc) is 3.71. The van der Waals surface area contributed by atoms with Crippen LogP contribution in [0.2, 0.25) is 0 Å². The summed E-state index contributed by atoms with van der Waals surface area (Å²) in [6, 6.07) is 62.2. The molecule has 2 heteroatoms. The van der Waals surface area contributed by atoms with Gasteiger partial charge in [-0.1, -0.05) is 140 Å². The van der Waals surface area contributed by atoms with Crippen LogP contribution >= 0.6 is 0 Å². The van der Waals surface area contributed by atoms with E-state index in [0.29, 0.717) is 5.92 Å². The average molecular weight is 639 g/mol. The van der Waals surface area contributed by atoms with Crippen LogP contribution in [0.4, 0.5) is 11.4 Å². The van der Waals surface area contributed by atoms with Gasteiger partial charge in [-0.05, 0) is 93.5 Å². The van der Waals surface area contributed by atoms with E-state index in [-0.39, 0.29) is 6.04 Å². The third-order valence-corrected chi connectivity index (χ3v) is 10.5. The fourth-order valence-corrected chi connectivity index (χ4v) is 8.13. The molecule has 236 valence electrons.